The van der Waals surface area contributed by atoms with E-state index in [-0.39, 0.29) is 6.04 Å². The molecule has 0 saturated heterocycles. The topological polar surface area (TPSA) is 49.3 Å². The van der Waals surface area contributed by atoms with Crippen LogP contribution in [0.1, 0.15) is 33.8 Å². The molecule has 0 radical (unpaired) electrons. The summed E-state index contributed by atoms with van der Waals surface area (Å²) in [7, 11) is 0. The summed E-state index contributed by atoms with van der Waals surface area (Å²) in [6.45, 7) is 2.92. The van der Waals surface area contributed by atoms with Crippen molar-refractivity contribution in [3.63, 3.8) is 0 Å². The lowest BCUT2D eigenvalue weighted by Crippen LogP contribution is -2.27. The van der Waals surface area contributed by atoms with E-state index in [0.717, 1.165) is 27.2 Å². The number of carbonyl (C=O) groups is 1. The van der Waals surface area contributed by atoms with Gasteiger partial charge in [0.15, 0.2) is 0 Å². The number of carboxylic acids is 1. The second kappa shape index (κ2) is 3.64. The highest BCUT2D eigenvalue weighted by Crippen LogP contribution is 2.38. The smallest absolute Gasteiger partial charge is 0.338 e. The molecule has 2 rings (SSSR count). The largest absolute Gasteiger partial charge is 0.478 e. The van der Waals surface area contributed by atoms with Crippen molar-refractivity contribution < 1.29 is 9.90 Å². The third-order valence-corrected chi connectivity index (χ3v) is 4.51. The highest BCUT2D eigenvalue weighted by molar-refractivity contribution is 9.11. The van der Waals surface area contributed by atoms with Gasteiger partial charge in [-0.1, -0.05) is 0 Å². The van der Waals surface area contributed by atoms with Crippen molar-refractivity contribution in [3.05, 3.63) is 19.8 Å². The zero-order valence-corrected chi connectivity index (χ0v) is 10.0. The van der Waals surface area contributed by atoms with E-state index in [9.17, 15) is 4.79 Å². The Balaban J connectivity index is 2.57. The van der Waals surface area contributed by atoms with Crippen molar-refractivity contribution in [1.29, 1.82) is 0 Å². The van der Waals surface area contributed by atoms with E-state index in [2.05, 4.69) is 28.2 Å². The molecule has 0 amide bonds. The predicted octanol–water partition coefficient (Wildman–Crippen LogP) is 2.42. The number of thiophene rings is 1. The fraction of sp³-hybridized carbons (Fsp3) is 0.444. The molecule has 0 spiro atoms. The maximum atomic E-state index is 11.0. The monoisotopic (exact) mass is 275 g/mol. The van der Waals surface area contributed by atoms with Crippen LogP contribution in [-0.2, 0) is 6.42 Å². The molecule has 0 aromatic carbocycles. The number of hydrogen-bond donors (Lipinski definition) is 2. The second-order valence-corrected chi connectivity index (χ2v) is 5.69. The van der Waals surface area contributed by atoms with Gasteiger partial charge in [-0.15, -0.1) is 11.3 Å². The Morgan fingerprint density at radius 2 is 2.43 bits per heavy atom. The molecule has 0 bridgehead atoms. The van der Waals surface area contributed by atoms with Crippen LogP contribution in [0.4, 0.5) is 0 Å². The Bertz CT molecular complexity index is 388. The maximum absolute atomic E-state index is 11.0. The van der Waals surface area contributed by atoms with Gasteiger partial charge in [-0.3, -0.25) is 0 Å². The quantitative estimate of drug-likeness (QED) is 0.828. The van der Waals surface area contributed by atoms with Gasteiger partial charge < -0.3 is 10.4 Å². The number of nitrogens with one attached hydrogen (secondary N) is 1. The van der Waals surface area contributed by atoms with Gasteiger partial charge >= 0.3 is 5.97 Å². The van der Waals surface area contributed by atoms with Gasteiger partial charge in [0, 0.05) is 10.9 Å². The van der Waals surface area contributed by atoms with Gasteiger partial charge in [-0.05, 0) is 41.4 Å². The molecule has 14 heavy (non-hydrogen) atoms. The van der Waals surface area contributed by atoms with Crippen LogP contribution < -0.4 is 5.32 Å². The van der Waals surface area contributed by atoms with Crippen LogP contribution in [0.2, 0.25) is 0 Å². The normalized spacial score (nSPS) is 20.6. The van der Waals surface area contributed by atoms with Gasteiger partial charge in [-0.2, -0.15) is 0 Å². The molecule has 0 saturated carbocycles. The van der Waals surface area contributed by atoms with Gasteiger partial charge in [-0.25, -0.2) is 4.79 Å². The van der Waals surface area contributed by atoms with Crippen LogP contribution >= 0.6 is 27.3 Å². The van der Waals surface area contributed by atoms with Crippen LogP contribution in [0.3, 0.4) is 0 Å². The molecule has 2 heterocycles. The lowest BCUT2D eigenvalue weighted by Gasteiger charge is -2.20. The van der Waals surface area contributed by atoms with Crippen molar-refractivity contribution in [2.75, 3.05) is 6.54 Å². The van der Waals surface area contributed by atoms with Crippen LogP contribution in [0.5, 0.6) is 0 Å². The molecule has 1 aromatic heterocycles. The number of fused-ring (bicyclic) bond motifs is 1. The summed E-state index contributed by atoms with van der Waals surface area (Å²) in [5.74, 6) is -0.830. The Kier molecular flexibility index (Phi) is 2.64. The standard InChI is InChI=1S/C9H10BrNO2S/c1-4-7-5(2-3-11-4)6(9(12)13)8(10)14-7/h4,11H,2-3H2,1H3,(H,12,13). The Labute approximate surface area is 94.3 Å². The van der Waals surface area contributed by atoms with Crippen LogP contribution in [0, 0.1) is 0 Å². The zero-order chi connectivity index (χ0) is 10.3. The first-order valence-electron chi connectivity index (χ1n) is 4.39. The summed E-state index contributed by atoms with van der Waals surface area (Å²) >= 11 is 4.84. The summed E-state index contributed by atoms with van der Waals surface area (Å²) in [6.07, 6.45) is 0.809. The molecule has 3 nitrogen and oxygen atoms in total. The predicted molar refractivity (Wildman–Crippen MR) is 59.1 cm³/mol. The zero-order valence-electron chi connectivity index (χ0n) is 7.63. The fourth-order valence-electron chi connectivity index (χ4n) is 1.77. The molecule has 76 valence electrons. The van der Waals surface area contributed by atoms with E-state index in [1.165, 1.54) is 11.3 Å². The first-order valence-corrected chi connectivity index (χ1v) is 6.00. The SMILES string of the molecule is CC1NCCc2c1sc(Br)c2C(=O)O. The molecule has 2 N–H and O–H groups in total. The summed E-state index contributed by atoms with van der Waals surface area (Å²) < 4.78 is 0.741. The van der Waals surface area contributed by atoms with Crippen molar-refractivity contribution in [3.8, 4) is 0 Å². The third-order valence-electron chi connectivity index (χ3n) is 2.43. The molecule has 1 aliphatic rings. The van der Waals surface area contributed by atoms with Gasteiger partial charge in [0.1, 0.15) is 0 Å². The van der Waals surface area contributed by atoms with E-state index in [1.54, 1.807) is 0 Å². The molecular weight excluding hydrogens is 266 g/mol. The molecule has 5 heteroatoms. The van der Waals surface area contributed by atoms with Crippen molar-refractivity contribution in [2.24, 2.45) is 0 Å². The van der Waals surface area contributed by atoms with Crippen molar-refractivity contribution in [2.45, 2.75) is 19.4 Å². The Morgan fingerprint density at radius 3 is 3.07 bits per heavy atom. The molecule has 1 aromatic rings. The maximum Gasteiger partial charge on any atom is 0.338 e. The average molecular weight is 276 g/mol. The van der Waals surface area contributed by atoms with Crippen LogP contribution in [0.15, 0.2) is 3.79 Å². The molecule has 1 aliphatic heterocycles. The number of hydrogen-bond acceptors (Lipinski definition) is 3. The van der Waals surface area contributed by atoms with E-state index in [1.807, 2.05) is 0 Å². The van der Waals surface area contributed by atoms with Crippen molar-refractivity contribution >= 4 is 33.2 Å². The van der Waals surface area contributed by atoms with Crippen LogP contribution in [-0.4, -0.2) is 17.6 Å². The fourth-order valence-corrected chi connectivity index (χ4v) is 3.79. The Hall–Kier alpha value is -0.390. The van der Waals surface area contributed by atoms with Crippen molar-refractivity contribution in [1.82, 2.24) is 5.32 Å². The third kappa shape index (κ3) is 1.49. The minimum atomic E-state index is -0.830. The molecule has 0 aliphatic carbocycles. The number of halogens is 1. The summed E-state index contributed by atoms with van der Waals surface area (Å²) in [4.78, 5) is 12.2. The van der Waals surface area contributed by atoms with Gasteiger partial charge in [0.05, 0.1) is 9.35 Å². The first kappa shape index (κ1) is 10.1. The average Bonchev–Trinajstić information content (AvgIpc) is 2.42. The number of aromatic carboxylic acids is 1. The highest BCUT2D eigenvalue weighted by atomic mass is 79.9. The summed E-state index contributed by atoms with van der Waals surface area (Å²) in [5.41, 5.74) is 1.46. The van der Waals surface area contributed by atoms with E-state index in [0.29, 0.717) is 5.56 Å². The number of carboxylic acid groups (broad SMARTS) is 1. The second-order valence-electron chi connectivity index (χ2n) is 3.32. The Morgan fingerprint density at radius 1 is 1.71 bits per heavy atom. The first-order chi connectivity index (χ1) is 6.61. The van der Waals surface area contributed by atoms with E-state index < -0.39 is 5.97 Å². The van der Waals surface area contributed by atoms with Crippen LogP contribution in [0.25, 0.3) is 0 Å². The minimum Gasteiger partial charge on any atom is -0.478 e. The van der Waals surface area contributed by atoms with Gasteiger partial charge in [0.2, 0.25) is 0 Å². The lowest BCUT2D eigenvalue weighted by molar-refractivity contribution is 0.0695. The highest BCUT2D eigenvalue weighted by Gasteiger charge is 2.26. The molecule has 1 unspecified atom stereocenters. The van der Waals surface area contributed by atoms with Gasteiger partial charge in [0.25, 0.3) is 0 Å². The molecule has 0 fully saturated rings. The lowest BCUT2D eigenvalue weighted by atomic mass is 10.0. The number of rotatable bonds is 1. The van der Waals surface area contributed by atoms with E-state index in [4.69, 9.17) is 5.11 Å². The molecular formula is C9H10BrNO2S. The summed E-state index contributed by atoms with van der Waals surface area (Å²) in [6, 6.07) is 0.271. The molecule has 1 atom stereocenters. The van der Waals surface area contributed by atoms with E-state index >= 15 is 0 Å². The minimum absolute atomic E-state index is 0.271. The summed E-state index contributed by atoms with van der Waals surface area (Å²) in [5, 5.41) is 12.4.